The standard InChI is InChI=1S/C15H21N3/c1-11-6-5-7-12(2)13(11)8-14(16-3)15-9-18(4)10-17-15/h5-7,9-10,14,16H,8H2,1-4H3. The molecule has 2 aromatic rings. The Bertz CT molecular complexity index is 508. The number of likely N-dealkylation sites (N-methyl/N-ethyl adjacent to an activating group) is 1. The van der Waals surface area contributed by atoms with Crippen molar-refractivity contribution in [3.05, 3.63) is 53.1 Å². The Morgan fingerprint density at radius 2 is 1.94 bits per heavy atom. The molecule has 96 valence electrons. The van der Waals surface area contributed by atoms with Crippen LogP contribution < -0.4 is 5.32 Å². The zero-order valence-electron chi connectivity index (χ0n) is 11.6. The van der Waals surface area contributed by atoms with Crippen LogP contribution in [0.4, 0.5) is 0 Å². The molecule has 0 amide bonds. The summed E-state index contributed by atoms with van der Waals surface area (Å²) in [5.74, 6) is 0. The van der Waals surface area contributed by atoms with Crippen molar-refractivity contribution in [1.29, 1.82) is 0 Å². The van der Waals surface area contributed by atoms with Crippen LogP contribution in [0.15, 0.2) is 30.7 Å². The highest BCUT2D eigenvalue weighted by molar-refractivity contribution is 5.34. The third-order valence-electron chi connectivity index (χ3n) is 3.48. The van der Waals surface area contributed by atoms with Crippen molar-refractivity contribution in [2.45, 2.75) is 26.3 Å². The molecule has 0 saturated heterocycles. The summed E-state index contributed by atoms with van der Waals surface area (Å²) in [6.07, 6.45) is 4.91. The van der Waals surface area contributed by atoms with Crippen LogP contribution in [-0.4, -0.2) is 16.6 Å². The van der Waals surface area contributed by atoms with Gasteiger partial charge in [-0.1, -0.05) is 18.2 Å². The van der Waals surface area contributed by atoms with Gasteiger partial charge in [-0.25, -0.2) is 4.98 Å². The molecule has 1 heterocycles. The first kappa shape index (κ1) is 12.8. The Labute approximate surface area is 109 Å². The Hall–Kier alpha value is -1.61. The summed E-state index contributed by atoms with van der Waals surface area (Å²) in [7, 11) is 4.00. The zero-order chi connectivity index (χ0) is 13.1. The number of nitrogens with zero attached hydrogens (tertiary/aromatic N) is 2. The second-order valence-electron chi connectivity index (χ2n) is 4.88. The van der Waals surface area contributed by atoms with E-state index in [2.05, 4.69) is 48.5 Å². The fourth-order valence-corrected chi connectivity index (χ4v) is 2.34. The van der Waals surface area contributed by atoms with Gasteiger partial charge in [0.2, 0.25) is 0 Å². The zero-order valence-corrected chi connectivity index (χ0v) is 11.6. The highest BCUT2D eigenvalue weighted by Gasteiger charge is 2.15. The van der Waals surface area contributed by atoms with Crippen LogP contribution in [0.1, 0.15) is 28.4 Å². The third-order valence-corrected chi connectivity index (χ3v) is 3.48. The van der Waals surface area contributed by atoms with Crippen LogP contribution in [0.5, 0.6) is 0 Å². The first-order valence-corrected chi connectivity index (χ1v) is 6.32. The molecule has 2 rings (SSSR count). The van der Waals surface area contributed by atoms with Crippen molar-refractivity contribution in [1.82, 2.24) is 14.9 Å². The van der Waals surface area contributed by atoms with E-state index in [1.807, 2.05) is 25.0 Å². The van der Waals surface area contributed by atoms with E-state index in [0.29, 0.717) is 0 Å². The van der Waals surface area contributed by atoms with E-state index in [-0.39, 0.29) is 6.04 Å². The number of hydrogen-bond acceptors (Lipinski definition) is 2. The van der Waals surface area contributed by atoms with Gasteiger partial charge in [0.1, 0.15) is 0 Å². The SMILES string of the molecule is CNC(Cc1c(C)cccc1C)c1cn(C)cn1. The van der Waals surface area contributed by atoms with Crippen LogP contribution in [0.3, 0.4) is 0 Å². The Morgan fingerprint density at radius 3 is 2.44 bits per heavy atom. The molecule has 1 N–H and O–H groups in total. The van der Waals surface area contributed by atoms with E-state index in [0.717, 1.165) is 12.1 Å². The monoisotopic (exact) mass is 243 g/mol. The van der Waals surface area contributed by atoms with Crippen LogP contribution in [0.2, 0.25) is 0 Å². The smallest absolute Gasteiger partial charge is 0.0947 e. The number of imidazole rings is 1. The van der Waals surface area contributed by atoms with Crippen molar-refractivity contribution in [2.75, 3.05) is 7.05 Å². The molecule has 1 unspecified atom stereocenters. The highest BCUT2D eigenvalue weighted by atomic mass is 15.0. The van der Waals surface area contributed by atoms with Crippen LogP contribution in [-0.2, 0) is 13.5 Å². The molecule has 0 fully saturated rings. The van der Waals surface area contributed by atoms with E-state index in [4.69, 9.17) is 0 Å². The van der Waals surface area contributed by atoms with Gasteiger partial charge in [-0.3, -0.25) is 0 Å². The first-order chi connectivity index (χ1) is 8.61. The molecule has 0 aliphatic heterocycles. The molecule has 0 aliphatic carbocycles. The maximum Gasteiger partial charge on any atom is 0.0947 e. The maximum atomic E-state index is 4.44. The topological polar surface area (TPSA) is 29.9 Å². The molecule has 0 spiro atoms. The summed E-state index contributed by atoms with van der Waals surface area (Å²) >= 11 is 0. The van der Waals surface area contributed by atoms with Gasteiger partial charge in [0.05, 0.1) is 18.1 Å². The van der Waals surface area contributed by atoms with Gasteiger partial charge in [0, 0.05) is 13.2 Å². The molecule has 1 aromatic carbocycles. The Morgan fingerprint density at radius 1 is 1.28 bits per heavy atom. The van der Waals surface area contributed by atoms with Crippen molar-refractivity contribution < 1.29 is 0 Å². The van der Waals surface area contributed by atoms with E-state index in [1.54, 1.807) is 0 Å². The lowest BCUT2D eigenvalue weighted by molar-refractivity contribution is 0.575. The number of aryl methyl sites for hydroxylation is 3. The fourth-order valence-electron chi connectivity index (χ4n) is 2.34. The lowest BCUT2D eigenvalue weighted by atomic mass is 9.95. The molecule has 0 aliphatic rings. The minimum absolute atomic E-state index is 0.269. The molecule has 3 nitrogen and oxygen atoms in total. The van der Waals surface area contributed by atoms with Crippen molar-refractivity contribution in [2.24, 2.45) is 7.05 Å². The summed E-state index contributed by atoms with van der Waals surface area (Å²) in [4.78, 5) is 4.44. The number of rotatable bonds is 4. The van der Waals surface area contributed by atoms with Crippen molar-refractivity contribution in [3.8, 4) is 0 Å². The second-order valence-corrected chi connectivity index (χ2v) is 4.88. The summed E-state index contributed by atoms with van der Waals surface area (Å²) in [6, 6.07) is 6.73. The predicted molar refractivity (Wildman–Crippen MR) is 74.6 cm³/mol. The van der Waals surface area contributed by atoms with E-state index in [1.165, 1.54) is 16.7 Å². The van der Waals surface area contributed by atoms with Crippen LogP contribution in [0.25, 0.3) is 0 Å². The van der Waals surface area contributed by atoms with Gasteiger partial charge in [0.15, 0.2) is 0 Å². The number of hydrogen-bond donors (Lipinski definition) is 1. The Kier molecular flexibility index (Phi) is 3.82. The third kappa shape index (κ3) is 2.62. The number of aromatic nitrogens is 2. The van der Waals surface area contributed by atoms with Gasteiger partial charge < -0.3 is 9.88 Å². The van der Waals surface area contributed by atoms with Crippen LogP contribution in [0, 0.1) is 13.8 Å². The summed E-state index contributed by atoms with van der Waals surface area (Å²) in [5, 5.41) is 3.36. The van der Waals surface area contributed by atoms with Gasteiger partial charge in [-0.2, -0.15) is 0 Å². The second kappa shape index (κ2) is 5.36. The normalized spacial score (nSPS) is 12.7. The molecule has 3 heteroatoms. The first-order valence-electron chi connectivity index (χ1n) is 6.32. The molecular weight excluding hydrogens is 222 g/mol. The van der Waals surface area contributed by atoms with Gasteiger partial charge in [-0.05, 0) is 44.0 Å². The molecule has 0 radical (unpaired) electrons. The average Bonchev–Trinajstić information content (AvgIpc) is 2.76. The molecule has 0 bridgehead atoms. The quantitative estimate of drug-likeness (QED) is 0.894. The lowest BCUT2D eigenvalue weighted by Gasteiger charge is -2.17. The van der Waals surface area contributed by atoms with Gasteiger partial charge in [0.25, 0.3) is 0 Å². The van der Waals surface area contributed by atoms with Gasteiger partial charge >= 0.3 is 0 Å². The largest absolute Gasteiger partial charge is 0.340 e. The average molecular weight is 243 g/mol. The maximum absolute atomic E-state index is 4.44. The summed E-state index contributed by atoms with van der Waals surface area (Å²) in [5.41, 5.74) is 5.22. The predicted octanol–water partition coefficient (Wildman–Crippen LogP) is 2.54. The Balaban J connectivity index is 2.26. The van der Waals surface area contributed by atoms with Gasteiger partial charge in [-0.15, -0.1) is 0 Å². The summed E-state index contributed by atoms with van der Waals surface area (Å²) in [6.45, 7) is 4.35. The number of benzene rings is 1. The lowest BCUT2D eigenvalue weighted by Crippen LogP contribution is -2.20. The molecule has 1 atom stereocenters. The molecular formula is C15H21N3. The minimum Gasteiger partial charge on any atom is -0.340 e. The van der Waals surface area contributed by atoms with E-state index < -0.39 is 0 Å². The van der Waals surface area contributed by atoms with Crippen molar-refractivity contribution >= 4 is 0 Å². The number of nitrogens with one attached hydrogen (secondary N) is 1. The molecule has 0 saturated carbocycles. The molecule has 18 heavy (non-hydrogen) atoms. The van der Waals surface area contributed by atoms with Crippen molar-refractivity contribution in [3.63, 3.8) is 0 Å². The van der Waals surface area contributed by atoms with E-state index in [9.17, 15) is 0 Å². The summed E-state index contributed by atoms with van der Waals surface area (Å²) < 4.78 is 1.99. The van der Waals surface area contributed by atoms with E-state index >= 15 is 0 Å². The molecule has 1 aromatic heterocycles. The highest BCUT2D eigenvalue weighted by Crippen LogP contribution is 2.21. The fraction of sp³-hybridized carbons (Fsp3) is 0.400. The van der Waals surface area contributed by atoms with Crippen LogP contribution >= 0.6 is 0 Å². The minimum atomic E-state index is 0.269.